The highest BCUT2D eigenvalue weighted by Crippen LogP contribution is 2.30. The molecule has 0 bridgehead atoms. The minimum absolute atomic E-state index is 0.241. The van der Waals surface area contributed by atoms with Gasteiger partial charge < -0.3 is 15.7 Å². The minimum atomic E-state index is -0.544. The first kappa shape index (κ1) is 17.4. The van der Waals surface area contributed by atoms with Crippen molar-refractivity contribution in [1.82, 2.24) is 0 Å². The summed E-state index contributed by atoms with van der Waals surface area (Å²) >= 11 is 9.78. The highest BCUT2D eigenvalue weighted by atomic mass is 79.9. The van der Waals surface area contributed by atoms with Crippen molar-refractivity contribution < 1.29 is 14.3 Å². The second kappa shape index (κ2) is 7.54. The predicted molar refractivity (Wildman–Crippen MR) is 94.5 cm³/mol. The van der Waals surface area contributed by atoms with E-state index in [1.165, 1.54) is 12.1 Å². The Hall–Kier alpha value is -0.960. The fraction of sp³-hybridized carbons (Fsp3) is 0.0714. The average molecular weight is 497 g/mol. The van der Waals surface area contributed by atoms with E-state index in [-0.39, 0.29) is 6.61 Å². The summed E-state index contributed by atoms with van der Waals surface area (Å²) in [5.74, 6) is -0.467. The van der Waals surface area contributed by atoms with Crippen molar-refractivity contribution in [3.8, 4) is 0 Å². The van der Waals surface area contributed by atoms with Gasteiger partial charge in [0.05, 0.1) is 12.3 Å². The third kappa shape index (κ3) is 4.52. The van der Waals surface area contributed by atoms with E-state index in [2.05, 4.69) is 58.4 Å². The number of hydrogen-bond donors (Lipinski definition) is 3. The smallest absolute Gasteiger partial charge is 0.323 e. The van der Waals surface area contributed by atoms with E-state index in [9.17, 15) is 14.3 Å². The van der Waals surface area contributed by atoms with Crippen LogP contribution in [0.4, 0.5) is 20.6 Å². The first-order chi connectivity index (χ1) is 10.4. The number of aliphatic hydroxyl groups is 1. The molecule has 116 valence electrons. The van der Waals surface area contributed by atoms with Crippen molar-refractivity contribution in [1.29, 1.82) is 0 Å². The zero-order chi connectivity index (χ0) is 16.3. The van der Waals surface area contributed by atoms with Crippen LogP contribution in [0.3, 0.4) is 0 Å². The molecule has 0 unspecified atom stereocenters. The molecule has 4 nitrogen and oxygen atoms in total. The lowest BCUT2D eigenvalue weighted by Crippen LogP contribution is -2.20. The fourth-order valence-electron chi connectivity index (χ4n) is 1.79. The van der Waals surface area contributed by atoms with Crippen LogP contribution in [0.2, 0.25) is 0 Å². The quantitative estimate of drug-likeness (QED) is 0.543. The summed E-state index contributed by atoms with van der Waals surface area (Å²) in [5, 5.41) is 14.5. The van der Waals surface area contributed by atoms with Gasteiger partial charge in [-0.05, 0) is 30.3 Å². The summed E-state index contributed by atoms with van der Waals surface area (Å²) in [6.07, 6.45) is 0. The Balaban J connectivity index is 2.19. The van der Waals surface area contributed by atoms with Gasteiger partial charge in [-0.15, -0.1) is 0 Å². The molecule has 0 heterocycles. The molecule has 0 fully saturated rings. The van der Waals surface area contributed by atoms with E-state index in [4.69, 9.17) is 0 Å². The van der Waals surface area contributed by atoms with Gasteiger partial charge in [-0.2, -0.15) is 0 Å². The number of amides is 2. The molecule has 3 N–H and O–H groups in total. The van der Waals surface area contributed by atoms with Crippen LogP contribution in [0.1, 0.15) is 5.56 Å². The highest BCUT2D eigenvalue weighted by Gasteiger charge is 2.11. The van der Waals surface area contributed by atoms with Crippen LogP contribution >= 0.6 is 47.8 Å². The summed E-state index contributed by atoms with van der Waals surface area (Å²) in [6, 6.07) is 6.95. The predicted octanol–water partition coefficient (Wildman–Crippen LogP) is 5.25. The van der Waals surface area contributed by atoms with Crippen LogP contribution in [0.15, 0.2) is 43.7 Å². The van der Waals surface area contributed by atoms with E-state index in [1.54, 1.807) is 18.2 Å². The molecule has 0 saturated heterocycles. The molecule has 2 amide bonds. The van der Waals surface area contributed by atoms with Crippen LogP contribution in [-0.4, -0.2) is 11.1 Å². The third-order valence-corrected chi connectivity index (χ3v) is 4.31. The Bertz CT molecular complexity index is 705. The second-order valence-electron chi connectivity index (χ2n) is 4.31. The normalized spacial score (nSPS) is 10.4. The molecule has 0 aliphatic heterocycles. The van der Waals surface area contributed by atoms with Crippen LogP contribution < -0.4 is 10.6 Å². The summed E-state index contributed by atoms with van der Waals surface area (Å²) in [7, 11) is 0. The summed E-state index contributed by atoms with van der Waals surface area (Å²) in [4.78, 5) is 12.0. The van der Waals surface area contributed by atoms with Crippen molar-refractivity contribution >= 4 is 65.2 Å². The molecule has 22 heavy (non-hydrogen) atoms. The Morgan fingerprint density at radius 2 is 1.73 bits per heavy atom. The van der Waals surface area contributed by atoms with Crippen molar-refractivity contribution in [3.63, 3.8) is 0 Å². The van der Waals surface area contributed by atoms with Gasteiger partial charge in [0.15, 0.2) is 0 Å². The molecule has 0 atom stereocenters. The molecule has 0 aromatic heterocycles. The number of anilines is 2. The van der Waals surface area contributed by atoms with Gasteiger partial charge in [-0.3, -0.25) is 0 Å². The standard InChI is InChI=1S/C14H10Br3FN2O2/c15-7-1-9(18)5-10(2-7)19-14(22)20-13-4-8(16)3-12(17)11(13)6-21/h1-5,21H,6H2,(H2,19,20,22). The molecule has 0 aliphatic rings. The van der Waals surface area contributed by atoms with Crippen molar-refractivity contribution in [3.05, 3.63) is 55.1 Å². The van der Waals surface area contributed by atoms with Crippen LogP contribution in [0.5, 0.6) is 0 Å². The maximum atomic E-state index is 13.3. The first-order valence-corrected chi connectivity index (χ1v) is 8.40. The zero-order valence-electron chi connectivity index (χ0n) is 11.0. The van der Waals surface area contributed by atoms with Gasteiger partial charge in [-0.25, -0.2) is 9.18 Å². The van der Waals surface area contributed by atoms with Crippen LogP contribution in [-0.2, 0) is 6.61 Å². The van der Waals surface area contributed by atoms with Crippen LogP contribution in [0, 0.1) is 5.82 Å². The zero-order valence-corrected chi connectivity index (χ0v) is 15.7. The monoisotopic (exact) mass is 494 g/mol. The number of hydrogen-bond acceptors (Lipinski definition) is 2. The summed E-state index contributed by atoms with van der Waals surface area (Å²) < 4.78 is 15.2. The number of rotatable bonds is 3. The van der Waals surface area contributed by atoms with Gasteiger partial charge in [0.25, 0.3) is 0 Å². The molecular formula is C14H10Br3FN2O2. The number of carbonyl (C=O) groups is 1. The summed E-state index contributed by atoms with van der Waals surface area (Å²) in [6.45, 7) is -0.241. The van der Waals surface area contributed by atoms with E-state index < -0.39 is 11.8 Å². The number of carbonyl (C=O) groups excluding carboxylic acids is 1. The molecule has 0 spiro atoms. The van der Waals surface area contributed by atoms with Crippen molar-refractivity contribution in [2.45, 2.75) is 6.61 Å². The van der Waals surface area contributed by atoms with Crippen LogP contribution in [0.25, 0.3) is 0 Å². The third-order valence-electron chi connectivity index (χ3n) is 2.69. The number of halogens is 4. The lowest BCUT2D eigenvalue weighted by molar-refractivity contribution is 0.262. The van der Waals surface area contributed by atoms with Gasteiger partial charge in [0.2, 0.25) is 0 Å². The lowest BCUT2D eigenvalue weighted by Gasteiger charge is -2.13. The largest absolute Gasteiger partial charge is 0.392 e. The van der Waals surface area contributed by atoms with Crippen molar-refractivity contribution in [2.24, 2.45) is 0 Å². The second-order valence-corrected chi connectivity index (χ2v) is 6.99. The van der Waals surface area contributed by atoms with Gasteiger partial charge >= 0.3 is 6.03 Å². The lowest BCUT2D eigenvalue weighted by atomic mass is 10.2. The topological polar surface area (TPSA) is 61.4 Å². The number of urea groups is 1. The molecular weight excluding hydrogens is 487 g/mol. The Morgan fingerprint density at radius 3 is 2.36 bits per heavy atom. The maximum Gasteiger partial charge on any atom is 0.323 e. The molecule has 2 aromatic rings. The molecule has 0 saturated carbocycles. The maximum absolute atomic E-state index is 13.3. The molecule has 8 heteroatoms. The number of nitrogens with one attached hydrogen (secondary N) is 2. The van der Waals surface area contributed by atoms with Crippen molar-refractivity contribution in [2.75, 3.05) is 10.6 Å². The van der Waals surface area contributed by atoms with E-state index in [0.717, 1.165) is 4.47 Å². The average Bonchev–Trinajstić information content (AvgIpc) is 2.36. The molecule has 2 aromatic carbocycles. The first-order valence-electron chi connectivity index (χ1n) is 6.02. The Morgan fingerprint density at radius 1 is 1.05 bits per heavy atom. The number of aliphatic hydroxyl groups excluding tert-OH is 1. The fourth-order valence-corrected chi connectivity index (χ4v) is 3.60. The van der Waals surface area contributed by atoms with E-state index in [0.29, 0.717) is 25.9 Å². The van der Waals surface area contributed by atoms with Gasteiger partial charge in [0, 0.05) is 24.7 Å². The Kier molecular flexibility index (Phi) is 5.96. The van der Waals surface area contributed by atoms with Gasteiger partial charge in [-0.1, -0.05) is 47.8 Å². The van der Waals surface area contributed by atoms with E-state index >= 15 is 0 Å². The highest BCUT2D eigenvalue weighted by molar-refractivity contribution is 9.11. The Labute approximate surface area is 151 Å². The minimum Gasteiger partial charge on any atom is -0.392 e. The molecule has 2 rings (SSSR count). The molecule has 0 radical (unpaired) electrons. The molecule has 0 aliphatic carbocycles. The van der Waals surface area contributed by atoms with Gasteiger partial charge in [0.1, 0.15) is 5.82 Å². The van der Waals surface area contributed by atoms with E-state index in [1.807, 2.05) is 0 Å². The summed E-state index contributed by atoms with van der Waals surface area (Å²) in [5.41, 5.74) is 1.29. The SMILES string of the molecule is O=C(Nc1cc(F)cc(Br)c1)Nc1cc(Br)cc(Br)c1CO. The number of benzene rings is 2.